The third kappa shape index (κ3) is 5.15. The lowest BCUT2D eigenvalue weighted by molar-refractivity contribution is -0.139. The third-order valence-corrected chi connectivity index (χ3v) is 2.58. The fraction of sp³-hybridized carbons (Fsp3) is 0.385. The monoisotopic (exact) mass is 282 g/mol. The first-order valence-corrected chi connectivity index (χ1v) is 5.99. The van der Waals surface area contributed by atoms with Crippen LogP contribution in [0.25, 0.3) is 0 Å². The second-order valence-corrected chi connectivity index (χ2v) is 3.99. The van der Waals surface area contributed by atoms with Crippen LogP contribution in [0.1, 0.15) is 6.42 Å². The number of aliphatic carboxylic acids is 1. The number of carbonyl (C=O) groups is 2. The lowest BCUT2D eigenvalue weighted by atomic mass is 10.2. The molecule has 1 aromatic rings. The van der Waals surface area contributed by atoms with Crippen molar-refractivity contribution in [1.29, 1.82) is 0 Å². The minimum atomic E-state index is -0.983. The summed E-state index contributed by atoms with van der Waals surface area (Å²) < 4.78 is 10.1. The van der Waals surface area contributed by atoms with Crippen molar-refractivity contribution in [3.63, 3.8) is 0 Å². The summed E-state index contributed by atoms with van der Waals surface area (Å²) in [7, 11) is 2.90. The van der Waals surface area contributed by atoms with E-state index in [1.165, 1.54) is 14.2 Å². The Morgan fingerprint density at radius 2 is 2.00 bits per heavy atom. The lowest BCUT2D eigenvalue weighted by Crippen LogP contribution is -2.37. The molecular formula is C13H18N2O5. The van der Waals surface area contributed by atoms with Gasteiger partial charge in [-0.2, -0.15) is 0 Å². The number of rotatable bonds is 7. The molecule has 0 fully saturated rings. The maximum Gasteiger partial charge on any atom is 0.319 e. The Kier molecular flexibility index (Phi) is 6.31. The zero-order valence-electron chi connectivity index (χ0n) is 11.4. The molecule has 0 aliphatic rings. The number of nitrogens with one attached hydrogen (secondary N) is 2. The number of benzene rings is 1. The molecule has 0 saturated carbocycles. The van der Waals surface area contributed by atoms with Crippen LogP contribution in [0.3, 0.4) is 0 Å². The van der Waals surface area contributed by atoms with Gasteiger partial charge in [-0.05, 0) is 12.1 Å². The van der Waals surface area contributed by atoms with Crippen LogP contribution in [0.4, 0.5) is 10.5 Å². The van der Waals surface area contributed by atoms with Crippen LogP contribution in [0.2, 0.25) is 0 Å². The van der Waals surface area contributed by atoms with Crippen LogP contribution in [-0.2, 0) is 9.53 Å². The summed E-state index contributed by atoms with van der Waals surface area (Å²) in [4.78, 5) is 22.3. The van der Waals surface area contributed by atoms with E-state index in [0.717, 1.165) is 0 Å². The van der Waals surface area contributed by atoms with Crippen molar-refractivity contribution in [2.45, 2.75) is 12.5 Å². The molecule has 1 aromatic carbocycles. The summed E-state index contributed by atoms with van der Waals surface area (Å²) >= 11 is 0. The standard InChI is InChI=1S/C13H18N2O5/c1-19-9(7-12(16)17)8-14-13(18)15-10-5-3-4-6-11(10)20-2/h3-6,9H,7-8H2,1-2H3,(H,16,17)(H2,14,15,18). The highest BCUT2D eigenvalue weighted by molar-refractivity contribution is 5.90. The van der Waals surface area contributed by atoms with Crippen molar-refractivity contribution in [1.82, 2.24) is 5.32 Å². The fourth-order valence-electron chi connectivity index (χ4n) is 1.55. The van der Waals surface area contributed by atoms with Gasteiger partial charge in [0.05, 0.1) is 25.3 Å². The molecule has 20 heavy (non-hydrogen) atoms. The Morgan fingerprint density at radius 3 is 2.60 bits per heavy atom. The Labute approximate surface area is 116 Å². The molecule has 0 aliphatic heterocycles. The van der Waals surface area contributed by atoms with E-state index in [1.807, 2.05) is 0 Å². The van der Waals surface area contributed by atoms with Crippen molar-refractivity contribution in [2.24, 2.45) is 0 Å². The van der Waals surface area contributed by atoms with Crippen molar-refractivity contribution in [2.75, 3.05) is 26.1 Å². The molecule has 7 nitrogen and oxygen atoms in total. The smallest absolute Gasteiger partial charge is 0.319 e. The topological polar surface area (TPSA) is 96.9 Å². The molecule has 0 spiro atoms. The number of hydrogen-bond acceptors (Lipinski definition) is 4. The zero-order chi connectivity index (χ0) is 15.0. The zero-order valence-corrected chi connectivity index (χ0v) is 11.4. The van der Waals surface area contributed by atoms with Crippen LogP contribution >= 0.6 is 0 Å². The molecule has 7 heteroatoms. The molecule has 110 valence electrons. The summed E-state index contributed by atoms with van der Waals surface area (Å²) in [5.74, 6) is -0.444. The SMILES string of the molecule is COc1ccccc1NC(=O)NCC(CC(=O)O)OC. The maximum atomic E-state index is 11.7. The van der Waals surface area contributed by atoms with Crippen LogP contribution in [0, 0.1) is 0 Å². The molecule has 0 saturated heterocycles. The van der Waals surface area contributed by atoms with E-state index in [0.29, 0.717) is 11.4 Å². The van der Waals surface area contributed by atoms with E-state index >= 15 is 0 Å². The van der Waals surface area contributed by atoms with Crippen molar-refractivity contribution >= 4 is 17.7 Å². The van der Waals surface area contributed by atoms with Crippen LogP contribution in [-0.4, -0.2) is 44.0 Å². The van der Waals surface area contributed by atoms with Gasteiger partial charge in [0.1, 0.15) is 5.75 Å². The molecule has 1 unspecified atom stereocenters. The van der Waals surface area contributed by atoms with Crippen molar-refractivity contribution in [3.05, 3.63) is 24.3 Å². The predicted octanol–water partition coefficient (Wildman–Crippen LogP) is 1.31. The summed E-state index contributed by atoms with van der Waals surface area (Å²) in [6, 6.07) is 6.51. The van der Waals surface area contributed by atoms with Gasteiger partial charge in [0.25, 0.3) is 0 Å². The van der Waals surface area contributed by atoms with Gasteiger partial charge < -0.3 is 25.2 Å². The molecule has 1 rings (SSSR count). The molecule has 1 atom stereocenters. The number of carboxylic acids is 1. The van der Waals surface area contributed by atoms with Gasteiger partial charge in [-0.1, -0.05) is 12.1 Å². The summed E-state index contributed by atoms with van der Waals surface area (Å²) in [6.45, 7) is 0.101. The third-order valence-electron chi connectivity index (χ3n) is 2.58. The first-order valence-electron chi connectivity index (χ1n) is 5.99. The van der Waals surface area contributed by atoms with Crippen LogP contribution < -0.4 is 15.4 Å². The average molecular weight is 282 g/mol. The Balaban J connectivity index is 2.49. The number of carbonyl (C=O) groups excluding carboxylic acids is 1. The minimum Gasteiger partial charge on any atom is -0.495 e. The number of ether oxygens (including phenoxy) is 2. The van der Waals surface area contributed by atoms with E-state index < -0.39 is 18.1 Å². The van der Waals surface area contributed by atoms with Gasteiger partial charge in [-0.3, -0.25) is 4.79 Å². The van der Waals surface area contributed by atoms with E-state index in [9.17, 15) is 9.59 Å². The average Bonchev–Trinajstić information content (AvgIpc) is 2.43. The second kappa shape index (κ2) is 8.00. The van der Waals surface area contributed by atoms with E-state index in [4.69, 9.17) is 14.6 Å². The molecular weight excluding hydrogens is 264 g/mol. The number of methoxy groups -OCH3 is 2. The summed E-state index contributed by atoms with van der Waals surface area (Å²) in [5, 5.41) is 13.8. The molecule has 0 bridgehead atoms. The Morgan fingerprint density at radius 1 is 1.30 bits per heavy atom. The van der Waals surface area contributed by atoms with Gasteiger partial charge in [0.15, 0.2) is 0 Å². The number of carboxylic acid groups (broad SMARTS) is 1. The van der Waals surface area contributed by atoms with Gasteiger partial charge in [0, 0.05) is 13.7 Å². The highest BCUT2D eigenvalue weighted by Crippen LogP contribution is 2.22. The quantitative estimate of drug-likeness (QED) is 0.700. The summed E-state index contributed by atoms with van der Waals surface area (Å²) in [6.07, 6.45) is -0.748. The number of anilines is 1. The number of para-hydroxylation sites is 2. The maximum absolute atomic E-state index is 11.7. The lowest BCUT2D eigenvalue weighted by Gasteiger charge is -2.15. The number of urea groups is 1. The minimum absolute atomic E-state index is 0.101. The Bertz CT molecular complexity index is 464. The normalized spacial score (nSPS) is 11.5. The largest absolute Gasteiger partial charge is 0.495 e. The second-order valence-electron chi connectivity index (χ2n) is 3.99. The van der Waals surface area contributed by atoms with Crippen molar-refractivity contribution < 1.29 is 24.2 Å². The molecule has 0 aromatic heterocycles. The van der Waals surface area contributed by atoms with Gasteiger partial charge in [-0.15, -0.1) is 0 Å². The molecule has 0 aliphatic carbocycles. The highest BCUT2D eigenvalue weighted by Gasteiger charge is 2.14. The van der Waals surface area contributed by atoms with E-state index in [-0.39, 0.29) is 13.0 Å². The summed E-state index contributed by atoms with van der Waals surface area (Å²) in [5.41, 5.74) is 0.528. The van der Waals surface area contributed by atoms with Crippen LogP contribution in [0.15, 0.2) is 24.3 Å². The van der Waals surface area contributed by atoms with Gasteiger partial charge in [-0.25, -0.2) is 4.79 Å². The molecule has 0 heterocycles. The first kappa shape index (κ1) is 15.8. The first-order chi connectivity index (χ1) is 9.56. The number of hydrogen-bond donors (Lipinski definition) is 3. The van der Waals surface area contributed by atoms with Crippen molar-refractivity contribution in [3.8, 4) is 5.75 Å². The molecule has 0 radical (unpaired) electrons. The molecule has 2 amide bonds. The Hall–Kier alpha value is -2.28. The highest BCUT2D eigenvalue weighted by atomic mass is 16.5. The fourth-order valence-corrected chi connectivity index (χ4v) is 1.55. The van der Waals surface area contributed by atoms with E-state index in [2.05, 4.69) is 10.6 Å². The van der Waals surface area contributed by atoms with Crippen LogP contribution in [0.5, 0.6) is 5.75 Å². The predicted molar refractivity (Wildman–Crippen MR) is 73.1 cm³/mol. The van der Waals surface area contributed by atoms with Gasteiger partial charge in [0.2, 0.25) is 0 Å². The van der Waals surface area contributed by atoms with Gasteiger partial charge >= 0.3 is 12.0 Å². The van der Waals surface area contributed by atoms with E-state index in [1.54, 1.807) is 24.3 Å². The number of amides is 2. The molecule has 3 N–H and O–H groups in total.